The van der Waals surface area contributed by atoms with E-state index in [-0.39, 0.29) is 0 Å². The third-order valence-corrected chi connectivity index (χ3v) is 8.37. The lowest BCUT2D eigenvalue weighted by atomic mass is 9.94. The quantitative estimate of drug-likeness (QED) is 0.790. The molecular formula is C20H31N3O3S. The number of hydrogen-bond donors (Lipinski definition) is 0. The second kappa shape index (κ2) is 7.60. The zero-order chi connectivity index (χ0) is 19.0. The third kappa shape index (κ3) is 3.69. The summed E-state index contributed by atoms with van der Waals surface area (Å²) in [6.07, 6.45) is 6.50. The molecular weight excluding hydrogens is 362 g/mol. The highest BCUT2D eigenvalue weighted by atomic mass is 32.2. The Hall–Kier alpha value is -1.31. The van der Waals surface area contributed by atoms with Gasteiger partial charge in [0.2, 0.25) is 10.0 Å². The lowest BCUT2D eigenvalue weighted by Crippen LogP contribution is -2.52. The Kier molecular flexibility index (Phi) is 5.36. The van der Waals surface area contributed by atoms with Crippen LogP contribution in [0.1, 0.15) is 37.7 Å². The van der Waals surface area contributed by atoms with E-state index in [4.69, 9.17) is 4.74 Å². The van der Waals surface area contributed by atoms with Crippen LogP contribution in [0.15, 0.2) is 17.0 Å². The van der Waals surface area contributed by atoms with Gasteiger partial charge in [0.1, 0.15) is 12.4 Å². The molecule has 150 valence electrons. The fourth-order valence-corrected chi connectivity index (χ4v) is 6.30. The topological polar surface area (TPSA) is 53.1 Å². The molecule has 0 atom stereocenters. The van der Waals surface area contributed by atoms with Gasteiger partial charge >= 0.3 is 0 Å². The van der Waals surface area contributed by atoms with Crippen LogP contribution in [0, 0.1) is 6.92 Å². The van der Waals surface area contributed by atoms with Gasteiger partial charge in [-0.15, -0.1) is 0 Å². The molecule has 1 saturated carbocycles. The first-order valence-corrected chi connectivity index (χ1v) is 11.6. The van der Waals surface area contributed by atoms with E-state index in [0.29, 0.717) is 36.4 Å². The molecule has 1 aliphatic carbocycles. The lowest BCUT2D eigenvalue weighted by Gasteiger charge is -2.40. The minimum absolute atomic E-state index is 0.391. The molecule has 3 aliphatic rings. The summed E-state index contributed by atoms with van der Waals surface area (Å²) in [5.74, 6) is 0.675. The zero-order valence-corrected chi connectivity index (χ0v) is 17.3. The molecule has 0 aromatic heterocycles. The van der Waals surface area contributed by atoms with Gasteiger partial charge in [0.25, 0.3) is 0 Å². The van der Waals surface area contributed by atoms with Crippen molar-refractivity contribution in [2.24, 2.45) is 0 Å². The van der Waals surface area contributed by atoms with Crippen molar-refractivity contribution >= 4 is 15.7 Å². The number of anilines is 1. The molecule has 0 radical (unpaired) electrons. The smallest absolute Gasteiger partial charge is 0.243 e. The van der Waals surface area contributed by atoms with Crippen molar-refractivity contribution < 1.29 is 13.2 Å². The summed E-state index contributed by atoms with van der Waals surface area (Å²) in [5, 5.41) is 0. The van der Waals surface area contributed by atoms with Crippen molar-refractivity contribution in [2.45, 2.75) is 50.0 Å². The van der Waals surface area contributed by atoms with E-state index in [9.17, 15) is 8.42 Å². The first-order chi connectivity index (χ1) is 13.0. The highest BCUT2D eigenvalue weighted by Gasteiger charge is 2.33. The summed E-state index contributed by atoms with van der Waals surface area (Å²) >= 11 is 0. The first kappa shape index (κ1) is 19.0. The van der Waals surface area contributed by atoms with Gasteiger partial charge in [-0.3, -0.25) is 4.90 Å². The van der Waals surface area contributed by atoms with Crippen molar-refractivity contribution in [1.29, 1.82) is 0 Å². The average molecular weight is 394 g/mol. The molecule has 7 heteroatoms. The van der Waals surface area contributed by atoms with Crippen molar-refractivity contribution in [2.75, 3.05) is 51.3 Å². The Morgan fingerprint density at radius 1 is 1.00 bits per heavy atom. The summed E-state index contributed by atoms with van der Waals surface area (Å²) in [6, 6.07) is 4.32. The van der Waals surface area contributed by atoms with E-state index in [0.717, 1.165) is 30.9 Å². The molecule has 0 bridgehead atoms. The fourth-order valence-electron chi connectivity index (χ4n) is 4.65. The van der Waals surface area contributed by atoms with Gasteiger partial charge in [0.15, 0.2) is 0 Å². The molecule has 1 aromatic carbocycles. The van der Waals surface area contributed by atoms with Crippen molar-refractivity contribution in [1.82, 2.24) is 9.21 Å². The Balaban J connectivity index is 1.51. The molecule has 0 unspecified atom stereocenters. The van der Waals surface area contributed by atoms with Crippen LogP contribution in [0.5, 0.6) is 5.75 Å². The number of aryl methyl sites for hydroxylation is 1. The second-order valence-corrected chi connectivity index (χ2v) is 9.99. The molecule has 6 nitrogen and oxygen atoms in total. The summed E-state index contributed by atoms with van der Waals surface area (Å²) in [7, 11) is -1.48. The fraction of sp³-hybridized carbons (Fsp3) is 0.700. The van der Waals surface area contributed by atoms with E-state index >= 15 is 0 Å². The summed E-state index contributed by atoms with van der Waals surface area (Å²) < 4.78 is 34.0. The maximum atomic E-state index is 13.3. The normalized spacial score (nSPS) is 23.1. The van der Waals surface area contributed by atoms with Gasteiger partial charge in [-0.25, -0.2) is 8.42 Å². The molecule has 1 aromatic rings. The van der Waals surface area contributed by atoms with E-state index in [1.807, 2.05) is 20.0 Å². The predicted octanol–water partition coefficient (Wildman–Crippen LogP) is 2.46. The number of hydrogen-bond acceptors (Lipinski definition) is 5. The number of benzene rings is 1. The van der Waals surface area contributed by atoms with Crippen molar-refractivity contribution in [3.63, 3.8) is 0 Å². The molecule has 27 heavy (non-hydrogen) atoms. The number of ether oxygens (including phenoxy) is 1. The number of rotatable bonds is 3. The van der Waals surface area contributed by atoms with E-state index in [1.54, 1.807) is 10.4 Å². The Morgan fingerprint density at radius 3 is 2.41 bits per heavy atom. The van der Waals surface area contributed by atoms with Crippen LogP contribution in [-0.4, -0.2) is 70.0 Å². The van der Waals surface area contributed by atoms with E-state index in [1.165, 1.54) is 32.1 Å². The molecule has 0 spiro atoms. The molecule has 0 N–H and O–H groups in total. The molecule has 0 amide bonds. The first-order valence-electron chi connectivity index (χ1n) is 10.2. The van der Waals surface area contributed by atoms with Gasteiger partial charge in [-0.1, -0.05) is 19.3 Å². The molecule has 4 rings (SSSR count). The van der Waals surface area contributed by atoms with Crippen LogP contribution in [0.3, 0.4) is 0 Å². The van der Waals surface area contributed by atoms with Gasteiger partial charge < -0.3 is 9.64 Å². The van der Waals surface area contributed by atoms with Gasteiger partial charge in [0, 0.05) is 45.3 Å². The number of nitrogens with zero attached hydrogens (tertiary/aromatic N) is 3. The standard InChI is InChI=1S/C20H31N3O3S/c1-16-14-18-19(26-13-12-21(18)2)15-20(16)27(24,25)23-10-8-22(9-11-23)17-6-4-3-5-7-17/h14-15,17H,3-13H2,1-2H3. The Bertz CT molecular complexity index is 782. The highest BCUT2D eigenvalue weighted by molar-refractivity contribution is 7.89. The van der Waals surface area contributed by atoms with Crippen LogP contribution in [0.25, 0.3) is 0 Å². The lowest BCUT2D eigenvalue weighted by molar-refractivity contribution is 0.111. The molecule has 1 saturated heterocycles. The maximum Gasteiger partial charge on any atom is 0.243 e. The SMILES string of the molecule is Cc1cc2c(cc1S(=O)(=O)N1CCN(C3CCCCC3)CC1)OCCN2C. The van der Waals surface area contributed by atoms with Crippen molar-refractivity contribution in [3.05, 3.63) is 17.7 Å². The molecule has 2 aliphatic heterocycles. The average Bonchev–Trinajstić information content (AvgIpc) is 2.69. The van der Waals surface area contributed by atoms with Crippen molar-refractivity contribution in [3.8, 4) is 5.75 Å². The van der Waals surface area contributed by atoms with E-state index in [2.05, 4.69) is 9.80 Å². The van der Waals surface area contributed by atoms with Gasteiger partial charge in [-0.05, 0) is 31.4 Å². The Morgan fingerprint density at radius 2 is 1.70 bits per heavy atom. The minimum Gasteiger partial charge on any atom is -0.490 e. The number of likely N-dealkylation sites (N-methyl/N-ethyl adjacent to an activating group) is 1. The predicted molar refractivity (Wildman–Crippen MR) is 107 cm³/mol. The van der Waals surface area contributed by atoms with Crippen LogP contribution in [-0.2, 0) is 10.0 Å². The summed E-state index contributed by atoms with van der Waals surface area (Å²) in [6.45, 7) is 6.13. The number of fused-ring (bicyclic) bond motifs is 1. The Labute approximate surface area is 163 Å². The third-order valence-electron chi connectivity index (χ3n) is 6.33. The summed E-state index contributed by atoms with van der Waals surface area (Å²) in [4.78, 5) is 5.01. The molecule has 2 heterocycles. The number of sulfonamides is 1. The van der Waals surface area contributed by atoms with Crippen LogP contribution in [0.2, 0.25) is 0 Å². The van der Waals surface area contributed by atoms with Crippen LogP contribution in [0.4, 0.5) is 5.69 Å². The van der Waals surface area contributed by atoms with E-state index < -0.39 is 10.0 Å². The summed E-state index contributed by atoms with van der Waals surface area (Å²) in [5.41, 5.74) is 1.76. The van der Waals surface area contributed by atoms with Crippen LogP contribution < -0.4 is 9.64 Å². The minimum atomic E-state index is -3.49. The van der Waals surface area contributed by atoms with Crippen LogP contribution >= 0.6 is 0 Å². The highest BCUT2D eigenvalue weighted by Crippen LogP contribution is 2.36. The van der Waals surface area contributed by atoms with Gasteiger partial charge in [-0.2, -0.15) is 4.31 Å². The zero-order valence-electron chi connectivity index (χ0n) is 16.5. The van der Waals surface area contributed by atoms with Gasteiger partial charge in [0.05, 0.1) is 17.1 Å². The monoisotopic (exact) mass is 393 g/mol. The second-order valence-electron chi connectivity index (χ2n) is 8.09. The largest absolute Gasteiger partial charge is 0.490 e. The molecule has 2 fully saturated rings. The number of piperazine rings is 1. The maximum absolute atomic E-state index is 13.3.